The Balaban J connectivity index is 1.67. The van der Waals surface area contributed by atoms with E-state index >= 15 is 0 Å². The van der Waals surface area contributed by atoms with E-state index in [1.54, 1.807) is 18.2 Å². The number of carbonyl (C=O) groups is 1. The number of hydrogen-bond donors (Lipinski definition) is 1. The van der Waals surface area contributed by atoms with Gasteiger partial charge in [0, 0.05) is 0 Å². The Labute approximate surface area is 139 Å². The fourth-order valence-electron chi connectivity index (χ4n) is 2.33. The molecule has 0 aromatic heterocycles. The number of carboxylic acids is 1. The van der Waals surface area contributed by atoms with Crippen molar-refractivity contribution in [3.63, 3.8) is 0 Å². The minimum Gasteiger partial charge on any atom is -0.478 e. The quantitative estimate of drug-likeness (QED) is 0.681. The molecule has 3 aromatic carbocycles. The molecule has 24 heavy (non-hydrogen) atoms. The van der Waals surface area contributed by atoms with Gasteiger partial charge >= 0.3 is 5.97 Å². The van der Waals surface area contributed by atoms with Crippen LogP contribution in [0.5, 0.6) is 11.5 Å². The van der Waals surface area contributed by atoms with Gasteiger partial charge in [0.2, 0.25) is 6.79 Å². The smallest absolute Gasteiger partial charge is 0.339 e. The molecule has 0 saturated carbocycles. The Morgan fingerprint density at radius 2 is 1.50 bits per heavy atom. The maximum atomic E-state index is 11.1. The van der Waals surface area contributed by atoms with Crippen LogP contribution in [0.2, 0.25) is 0 Å². The highest BCUT2D eigenvalue weighted by molar-refractivity contribution is 5.90. The zero-order chi connectivity index (χ0) is 16.8. The van der Waals surface area contributed by atoms with Crippen molar-refractivity contribution in [3.05, 3.63) is 84.4 Å². The van der Waals surface area contributed by atoms with Gasteiger partial charge in [0.1, 0.15) is 17.1 Å². The second kappa shape index (κ2) is 7.33. The summed E-state index contributed by atoms with van der Waals surface area (Å²) in [6, 6.07) is 24.1. The Morgan fingerprint density at radius 3 is 2.29 bits per heavy atom. The van der Waals surface area contributed by atoms with E-state index in [-0.39, 0.29) is 18.1 Å². The number of para-hydroxylation sites is 1. The van der Waals surface area contributed by atoms with Gasteiger partial charge in [-0.2, -0.15) is 0 Å². The summed E-state index contributed by atoms with van der Waals surface area (Å²) < 4.78 is 11.0. The highest BCUT2D eigenvalue weighted by atomic mass is 16.7. The largest absolute Gasteiger partial charge is 0.478 e. The fourth-order valence-corrected chi connectivity index (χ4v) is 2.33. The van der Waals surface area contributed by atoms with Crippen molar-refractivity contribution < 1.29 is 19.4 Å². The molecule has 120 valence electrons. The predicted molar refractivity (Wildman–Crippen MR) is 91.4 cm³/mol. The van der Waals surface area contributed by atoms with Gasteiger partial charge in [0.25, 0.3) is 0 Å². The van der Waals surface area contributed by atoms with Crippen molar-refractivity contribution in [2.45, 2.75) is 0 Å². The van der Waals surface area contributed by atoms with Crippen molar-refractivity contribution in [3.8, 4) is 22.6 Å². The van der Waals surface area contributed by atoms with Gasteiger partial charge in [-0.15, -0.1) is 0 Å². The molecular weight excluding hydrogens is 304 g/mol. The normalized spacial score (nSPS) is 10.2. The SMILES string of the molecule is O=C(O)c1ccccc1OCOc1cccc(-c2ccccc2)c1. The van der Waals surface area contributed by atoms with E-state index in [2.05, 4.69) is 0 Å². The summed E-state index contributed by atoms with van der Waals surface area (Å²) in [7, 11) is 0. The Hall–Kier alpha value is -3.27. The molecule has 0 heterocycles. The average Bonchev–Trinajstić information content (AvgIpc) is 2.63. The molecule has 4 nitrogen and oxygen atoms in total. The average molecular weight is 320 g/mol. The summed E-state index contributed by atoms with van der Waals surface area (Å²) in [5, 5.41) is 9.12. The van der Waals surface area contributed by atoms with Gasteiger partial charge in [-0.25, -0.2) is 4.79 Å². The first-order chi connectivity index (χ1) is 11.7. The number of hydrogen-bond acceptors (Lipinski definition) is 3. The van der Waals surface area contributed by atoms with Crippen LogP contribution in [0.3, 0.4) is 0 Å². The maximum absolute atomic E-state index is 11.1. The van der Waals surface area contributed by atoms with Crippen molar-refractivity contribution in [1.82, 2.24) is 0 Å². The van der Waals surface area contributed by atoms with Crippen molar-refractivity contribution in [2.75, 3.05) is 6.79 Å². The van der Waals surface area contributed by atoms with Crippen molar-refractivity contribution in [1.29, 1.82) is 0 Å². The molecule has 0 amide bonds. The molecule has 0 aliphatic rings. The lowest BCUT2D eigenvalue weighted by atomic mass is 10.1. The second-order valence-corrected chi connectivity index (χ2v) is 5.10. The van der Waals surface area contributed by atoms with E-state index in [4.69, 9.17) is 14.6 Å². The lowest BCUT2D eigenvalue weighted by Crippen LogP contribution is -2.09. The third kappa shape index (κ3) is 3.73. The van der Waals surface area contributed by atoms with Gasteiger partial charge in [-0.05, 0) is 35.4 Å². The molecule has 3 rings (SSSR count). The summed E-state index contributed by atoms with van der Waals surface area (Å²) in [6.07, 6.45) is 0. The molecule has 0 unspecified atom stereocenters. The highest BCUT2D eigenvalue weighted by Crippen LogP contribution is 2.24. The number of ether oxygens (including phenoxy) is 2. The van der Waals surface area contributed by atoms with Crippen LogP contribution >= 0.6 is 0 Å². The Kier molecular flexibility index (Phi) is 4.77. The molecule has 3 aromatic rings. The van der Waals surface area contributed by atoms with Crippen LogP contribution in [0.25, 0.3) is 11.1 Å². The van der Waals surface area contributed by atoms with Gasteiger partial charge in [-0.1, -0.05) is 54.6 Å². The second-order valence-electron chi connectivity index (χ2n) is 5.10. The van der Waals surface area contributed by atoms with Crippen LogP contribution in [0.1, 0.15) is 10.4 Å². The number of benzene rings is 3. The van der Waals surface area contributed by atoms with E-state index in [0.29, 0.717) is 5.75 Å². The lowest BCUT2D eigenvalue weighted by Gasteiger charge is -2.11. The highest BCUT2D eigenvalue weighted by Gasteiger charge is 2.10. The molecule has 0 bridgehead atoms. The zero-order valence-electron chi connectivity index (χ0n) is 12.9. The summed E-state index contributed by atoms with van der Waals surface area (Å²) >= 11 is 0. The van der Waals surface area contributed by atoms with E-state index in [0.717, 1.165) is 11.1 Å². The summed E-state index contributed by atoms with van der Waals surface area (Å²) in [5.74, 6) is -0.0925. The van der Waals surface area contributed by atoms with E-state index in [1.165, 1.54) is 6.07 Å². The third-order valence-corrected chi connectivity index (χ3v) is 3.50. The van der Waals surface area contributed by atoms with E-state index in [9.17, 15) is 4.79 Å². The molecule has 0 aliphatic carbocycles. The topological polar surface area (TPSA) is 55.8 Å². The molecule has 0 fully saturated rings. The van der Waals surface area contributed by atoms with Crippen molar-refractivity contribution >= 4 is 5.97 Å². The first-order valence-electron chi connectivity index (χ1n) is 7.47. The number of carboxylic acid groups (broad SMARTS) is 1. The first kappa shape index (κ1) is 15.6. The van der Waals surface area contributed by atoms with Gasteiger partial charge < -0.3 is 14.6 Å². The van der Waals surface area contributed by atoms with Crippen molar-refractivity contribution in [2.24, 2.45) is 0 Å². The molecule has 0 aliphatic heterocycles. The molecule has 4 heteroatoms. The molecule has 0 atom stereocenters. The minimum absolute atomic E-state index is 0.0669. The summed E-state index contributed by atoms with van der Waals surface area (Å²) in [6.45, 7) is -0.0669. The zero-order valence-corrected chi connectivity index (χ0v) is 12.9. The fraction of sp³-hybridized carbons (Fsp3) is 0.0500. The van der Waals surface area contributed by atoms with Gasteiger partial charge in [0.15, 0.2) is 0 Å². The number of aromatic carboxylic acids is 1. The Bertz CT molecular complexity index is 828. The summed E-state index contributed by atoms with van der Waals surface area (Å²) in [4.78, 5) is 11.1. The Morgan fingerprint density at radius 1 is 0.792 bits per heavy atom. The first-order valence-corrected chi connectivity index (χ1v) is 7.47. The van der Waals surface area contributed by atoms with Crippen LogP contribution in [0, 0.1) is 0 Å². The monoisotopic (exact) mass is 320 g/mol. The maximum Gasteiger partial charge on any atom is 0.339 e. The van der Waals surface area contributed by atoms with Crippen LogP contribution in [-0.4, -0.2) is 17.9 Å². The molecule has 0 saturated heterocycles. The van der Waals surface area contributed by atoms with E-state index < -0.39 is 5.97 Å². The van der Waals surface area contributed by atoms with Crippen LogP contribution in [-0.2, 0) is 0 Å². The molecule has 0 spiro atoms. The van der Waals surface area contributed by atoms with Crippen LogP contribution in [0.15, 0.2) is 78.9 Å². The third-order valence-electron chi connectivity index (χ3n) is 3.50. The molecule has 0 radical (unpaired) electrons. The lowest BCUT2D eigenvalue weighted by molar-refractivity contribution is 0.0682. The van der Waals surface area contributed by atoms with Gasteiger partial charge in [0.05, 0.1) is 0 Å². The number of rotatable bonds is 6. The van der Waals surface area contributed by atoms with Gasteiger partial charge in [-0.3, -0.25) is 0 Å². The standard InChI is InChI=1S/C20H16O4/c21-20(22)18-11-4-5-12-19(18)24-14-23-17-10-6-9-16(13-17)15-7-2-1-3-8-15/h1-13H,14H2,(H,21,22). The minimum atomic E-state index is -1.03. The van der Waals surface area contributed by atoms with E-state index in [1.807, 2.05) is 54.6 Å². The van der Waals surface area contributed by atoms with Crippen LogP contribution < -0.4 is 9.47 Å². The molecule has 1 N–H and O–H groups in total. The summed E-state index contributed by atoms with van der Waals surface area (Å²) in [5.41, 5.74) is 2.25. The predicted octanol–water partition coefficient (Wildman–Crippen LogP) is 4.47. The van der Waals surface area contributed by atoms with Crippen LogP contribution in [0.4, 0.5) is 0 Å². The molecular formula is C20H16O4.